The maximum Gasteiger partial charge on any atom is 0.320 e. The molecular formula is C24H26F3N3O3S. The zero-order valence-corrected chi connectivity index (χ0v) is 19.5. The standard InChI is InChI=1S/C24H26F3N3O3S/c1-2-34(32,33)28-23-19-13-20(19)30(24(31)29-7-4-8-29)21(23)11-14-5-3-6-18(22(14)27)15-9-16(25)12-17(26)10-15/h3,5-6,9-10,12,19-21,23,28H,2,4,7-8,11,13H2,1H3/t19-,20+,21+,23+/m1/s1. The third-order valence-electron chi connectivity index (χ3n) is 7.12. The molecule has 1 N–H and O–H groups in total. The van der Waals surface area contributed by atoms with Gasteiger partial charge in [0.15, 0.2) is 0 Å². The molecule has 2 aromatic rings. The first-order valence-electron chi connectivity index (χ1n) is 11.5. The van der Waals surface area contributed by atoms with Gasteiger partial charge in [0, 0.05) is 36.8 Å². The SMILES string of the molecule is CCS(=O)(=O)N[C@H]1[C@@H]2C[C@@H]2N(C(=O)N2CCC2)[C@H]1Cc1cccc(-c2cc(F)cc(F)c2)c1F. The molecule has 4 atom stereocenters. The molecular weight excluding hydrogens is 467 g/mol. The average Bonchev–Trinajstić information content (AvgIpc) is 3.45. The van der Waals surface area contributed by atoms with E-state index in [0.717, 1.165) is 24.6 Å². The number of amides is 2. The molecule has 10 heteroatoms. The van der Waals surface area contributed by atoms with E-state index in [1.807, 2.05) is 0 Å². The minimum Gasteiger partial charge on any atom is -0.325 e. The number of halogens is 3. The molecule has 1 saturated carbocycles. The van der Waals surface area contributed by atoms with Gasteiger partial charge in [-0.15, -0.1) is 0 Å². The lowest BCUT2D eigenvalue weighted by Gasteiger charge is -2.39. The van der Waals surface area contributed by atoms with E-state index in [4.69, 9.17) is 0 Å². The molecule has 2 amide bonds. The minimum atomic E-state index is -3.54. The molecule has 5 rings (SSSR count). The number of nitrogens with one attached hydrogen (secondary N) is 1. The predicted octanol–water partition coefficient (Wildman–Crippen LogP) is 3.52. The smallest absolute Gasteiger partial charge is 0.320 e. The molecule has 2 aliphatic heterocycles. The van der Waals surface area contributed by atoms with E-state index in [-0.39, 0.29) is 46.9 Å². The van der Waals surface area contributed by atoms with Crippen molar-refractivity contribution in [2.75, 3.05) is 18.8 Å². The summed E-state index contributed by atoms with van der Waals surface area (Å²) in [7, 11) is -3.54. The zero-order chi connectivity index (χ0) is 24.2. The van der Waals surface area contributed by atoms with Crippen molar-refractivity contribution in [3.63, 3.8) is 0 Å². The Morgan fingerprint density at radius 3 is 2.44 bits per heavy atom. The number of rotatable bonds is 6. The van der Waals surface area contributed by atoms with Crippen molar-refractivity contribution in [3.05, 3.63) is 59.4 Å². The van der Waals surface area contributed by atoms with Crippen LogP contribution in [0.3, 0.4) is 0 Å². The number of urea groups is 1. The van der Waals surface area contributed by atoms with Crippen LogP contribution >= 0.6 is 0 Å². The van der Waals surface area contributed by atoms with E-state index in [1.165, 1.54) is 6.07 Å². The van der Waals surface area contributed by atoms with Gasteiger partial charge in [-0.1, -0.05) is 18.2 Å². The number of hydrogen-bond acceptors (Lipinski definition) is 3. The maximum absolute atomic E-state index is 15.6. The number of sulfonamides is 1. The molecule has 34 heavy (non-hydrogen) atoms. The fraction of sp³-hybridized carbons (Fsp3) is 0.458. The molecule has 0 aromatic heterocycles. The van der Waals surface area contributed by atoms with Gasteiger partial charge in [-0.3, -0.25) is 0 Å². The van der Waals surface area contributed by atoms with Crippen molar-refractivity contribution in [1.29, 1.82) is 0 Å². The molecule has 3 fully saturated rings. The second kappa shape index (κ2) is 8.57. The molecule has 2 saturated heterocycles. The highest BCUT2D eigenvalue weighted by atomic mass is 32.2. The second-order valence-corrected chi connectivity index (χ2v) is 11.3. The largest absolute Gasteiger partial charge is 0.325 e. The molecule has 0 bridgehead atoms. The van der Waals surface area contributed by atoms with Gasteiger partial charge >= 0.3 is 6.03 Å². The van der Waals surface area contributed by atoms with Crippen molar-refractivity contribution in [2.45, 2.75) is 44.3 Å². The quantitative estimate of drug-likeness (QED) is 0.670. The fourth-order valence-electron chi connectivity index (χ4n) is 5.14. The van der Waals surface area contributed by atoms with Crippen LogP contribution in [0.5, 0.6) is 0 Å². The highest BCUT2D eigenvalue weighted by molar-refractivity contribution is 7.89. The molecule has 0 radical (unpaired) electrons. The van der Waals surface area contributed by atoms with Crippen molar-refractivity contribution in [1.82, 2.24) is 14.5 Å². The van der Waals surface area contributed by atoms with E-state index in [0.29, 0.717) is 19.5 Å². The normalized spacial score (nSPS) is 25.8. The van der Waals surface area contributed by atoms with Gasteiger partial charge in [0.1, 0.15) is 17.5 Å². The summed E-state index contributed by atoms with van der Waals surface area (Å²) in [6.07, 6.45) is 1.71. The number of carbonyl (C=O) groups is 1. The van der Waals surface area contributed by atoms with Crippen molar-refractivity contribution >= 4 is 16.1 Å². The summed E-state index contributed by atoms with van der Waals surface area (Å²) in [5.41, 5.74) is 0.379. The van der Waals surface area contributed by atoms with Gasteiger partial charge in [0.2, 0.25) is 10.0 Å². The Morgan fingerprint density at radius 1 is 1.12 bits per heavy atom. The maximum atomic E-state index is 15.6. The van der Waals surface area contributed by atoms with E-state index in [2.05, 4.69) is 4.72 Å². The van der Waals surface area contributed by atoms with E-state index in [9.17, 15) is 22.0 Å². The van der Waals surface area contributed by atoms with E-state index in [1.54, 1.807) is 28.9 Å². The van der Waals surface area contributed by atoms with Gasteiger partial charge in [0.25, 0.3) is 0 Å². The lowest BCUT2D eigenvalue weighted by Crippen LogP contribution is -2.56. The number of nitrogens with zero attached hydrogens (tertiary/aromatic N) is 2. The summed E-state index contributed by atoms with van der Waals surface area (Å²) >= 11 is 0. The monoisotopic (exact) mass is 493 g/mol. The number of carbonyl (C=O) groups excluding carboxylic acids is 1. The van der Waals surface area contributed by atoms with Crippen LogP contribution in [0.15, 0.2) is 36.4 Å². The van der Waals surface area contributed by atoms with Crippen molar-refractivity contribution in [3.8, 4) is 11.1 Å². The van der Waals surface area contributed by atoms with Crippen molar-refractivity contribution < 1.29 is 26.4 Å². The predicted molar refractivity (Wildman–Crippen MR) is 121 cm³/mol. The van der Waals surface area contributed by atoms with Crippen molar-refractivity contribution in [2.24, 2.45) is 5.92 Å². The first-order chi connectivity index (χ1) is 16.2. The average molecular weight is 494 g/mol. The lowest BCUT2D eigenvalue weighted by molar-refractivity contribution is 0.111. The third kappa shape index (κ3) is 4.17. The number of likely N-dealkylation sites (tertiary alicyclic amines) is 2. The van der Waals surface area contributed by atoms with Gasteiger partial charge in [-0.2, -0.15) is 0 Å². The van der Waals surface area contributed by atoms with Crippen LogP contribution < -0.4 is 4.72 Å². The zero-order valence-electron chi connectivity index (χ0n) is 18.7. The molecule has 3 aliphatic rings. The van der Waals surface area contributed by atoms with E-state index >= 15 is 4.39 Å². The lowest BCUT2D eigenvalue weighted by atomic mass is 9.94. The Labute approximate surface area is 196 Å². The molecule has 182 valence electrons. The Hall–Kier alpha value is -2.59. The molecule has 2 heterocycles. The number of piperidine rings is 1. The number of benzene rings is 2. The number of hydrogen-bond donors (Lipinski definition) is 1. The summed E-state index contributed by atoms with van der Waals surface area (Å²) in [6.45, 7) is 2.85. The Bertz CT molecular complexity index is 1210. The van der Waals surface area contributed by atoms with Crippen LogP contribution in [0.1, 0.15) is 25.3 Å². The van der Waals surface area contributed by atoms with Gasteiger partial charge in [-0.25, -0.2) is 31.1 Å². The van der Waals surface area contributed by atoms with Gasteiger partial charge in [-0.05, 0) is 55.4 Å². The minimum absolute atomic E-state index is 0.0138. The molecule has 6 nitrogen and oxygen atoms in total. The number of fused-ring (bicyclic) bond motifs is 1. The van der Waals surface area contributed by atoms with Crippen LogP contribution in [0, 0.1) is 23.4 Å². The van der Waals surface area contributed by atoms with E-state index < -0.39 is 39.6 Å². The third-order valence-corrected chi connectivity index (χ3v) is 8.51. The summed E-state index contributed by atoms with van der Waals surface area (Å²) in [6, 6.07) is 6.15. The highest BCUT2D eigenvalue weighted by Crippen LogP contribution is 2.50. The highest BCUT2D eigenvalue weighted by Gasteiger charge is 2.61. The summed E-state index contributed by atoms with van der Waals surface area (Å²) in [5.74, 6) is -2.36. The molecule has 0 spiro atoms. The molecule has 0 unspecified atom stereocenters. The Morgan fingerprint density at radius 2 is 1.82 bits per heavy atom. The van der Waals surface area contributed by atoms with Gasteiger partial charge in [0.05, 0.1) is 11.8 Å². The Balaban J connectivity index is 1.49. The summed E-state index contributed by atoms with van der Waals surface area (Å²) in [5, 5.41) is 0. The first kappa shape index (κ1) is 23.2. The van der Waals surface area contributed by atoms with Crippen LogP contribution in [0.25, 0.3) is 11.1 Å². The van der Waals surface area contributed by atoms with Crippen LogP contribution in [-0.2, 0) is 16.4 Å². The van der Waals surface area contributed by atoms with Gasteiger partial charge < -0.3 is 9.80 Å². The van der Waals surface area contributed by atoms with Crippen LogP contribution in [-0.4, -0.2) is 61.2 Å². The fourth-order valence-corrected chi connectivity index (χ4v) is 6.06. The molecule has 1 aliphatic carbocycles. The van der Waals surface area contributed by atoms with Crippen LogP contribution in [0.2, 0.25) is 0 Å². The topological polar surface area (TPSA) is 69.7 Å². The molecule has 2 aromatic carbocycles. The second-order valence-electron chi connectivity index (χ2n) is 9.25. The summed E-state index contributed by atoms with van der Waals surface area (Å²) < 4.78 is 70.6. The summed E-state index contributed by atoms with van der Waals surface area (Å²) in [4.78, 5) is 16.6. The van der Waals surface area contributed by atoms with Crippen LogP contribution in [0.4, 0.5) is 18.0 Å². The Kier molecular flexibility index (Phi) is 5.84. The first-order valence-corrected chi connectivity index (χ1v) is 13.1.